The Balaban J connectivity index is 2.01. The summed E-state index contributed by atoms with van der Waals surface area (Å²) in [7, 11) is 1.80. The number of aryl methyl sites for hydroxylation is 2. The molecule has 6 heteroatoms. The highest BCUT2D eigenvalue weighted by Gasteiger charge is 2.06. The largest absolute Gasteiger partial charge is 0.508 e. The first-order valence-electron chi connectivity index (χ1n) is 5.42. The molecule has 2 rings (SSSR count). The number of hydrogen-bond acceptors (Lipinski definition) is 3. The van der Waals surface area contributed by atoms with Crippen LogP contribution >= 0.6 is 0 Å². The molecule has 1 heterocycles. The zero-order valence-electron chi connectivity index (χ0n) is 10.1. The molecular weight excluding hydrogens is 232 g/mol. The highest BCUT2D eigenvalue weighted by Crippen LogP contribution is 2.15. The molecule has 0 aliphatic heterocycles. The van der Waals surface area contributed by atoms with E-state index >= 15 is 0 Å². The molecule has 0 atom stereocenters. The van der Waals surface area contributed by atoms with Gasteiger partial charge in [0, 0.05) is 30.6 Å². The van der Waals surface area contributed by atoms with Crippen LogP contribution in [0.3, 0.4) is 0 Å². The van der Waals surface area contributed by atoms with Crippen LogP contribution in [-0.2, 0) is 7.05 Å². The molecule has 18 heavy (non-hydrogen) atoms. The van der Waals surface area contributed by atoms with E-state index in [0.717, 1.165) is 5.69 Å². The van der Waals surface area contributed by atoms with Crippen molar-refractivity contribution >= 4 is 17.5 Å². The van der Waals surface area contributed by atoms with Gasteiger partial charge in [-0.05, 0) is 19.1 Å². The van der Waals surface area contributed by atoms with Crippen molar-refractivity contribution < 1.29 is 9.90 Å². The summed E-state index contributed by atoms with van der Waals surface area (Å²) in [5.74, 6) is 0.578. The Morgan fingerprint density at radius 3 is 2.72 bits per heavy atom. The van der Waals surface area contributed by atoms with Crippen molar-refractivity contribution in [2.24, 2.45) is 7.05 Å². The Kier molecular flexibility index (Phi) is 3.18. The third kappa shape index (κ3) is 2.79. The van der Waals surface area contributed by atoms with E-state index in [1.54, 1.807) is 29.9 Å². The Hall–Kier alpha value is -2.50. The van der Waals surface area contributed by atoms with E-state index < -0.39 is 6.03 Å². The number of aromatic hydroxyl groups is 1. The number of phenolic OH excluding ortho intramolecular Hbond substituents is 1. The fraction of sp³-hybridized carbons (Fsp3) is 0.167. The lowest BCUT2D eigenvalue weighted by atomic mass is 10.3. The molecule has 94 valence electrons. The minimum absolute atomic E-state index is 0.0986. The number of nitrogens with zero attached hydrogens (tertiary/aromatic N) is 2. The van der Waals surface area contributed by atoms with Gasteiger partial charge in [0.15, 0.2) is 5.82 Å². The van der Waals surface area contributed by atoms with Crippen LogP contribution in [0.5, 0.6) is 5.75 Å². The van der Waals surface area contributed by atoms with Crippen LogP contribution in [0.4, 0.5) is 16.3 Å². The predicted octanol–water partition coefficient (Wildman–Crippen LogP) is 2.08. The van der Waals surface area contributed by atoms with Gasteiger partial charge < -0.3 is 10.4 Å². The van der Waals surface area contributed by atoms with E-state index in [2.05, 4.69) is 15.7 Å². The van der Waals surface area contributed by atoms with E-state index in [9.17, 15) is 9.90 Å². The van der Waals surface area contributed by atoms with Crippen molar-refractivity contribution in [1.29, 1.82) is 0 Å². The second-order valence-electron chi connectivity index (χ2n) is 3.92. The van der Waals surface area contributed by atoms with Crippen LogP contribution in [-0.4, -0.2) is 20.9 Å². The fourth-order valence-corrected chi connectivity index (χ4v) is 1.48. The molecule has 0 aliphatic carbocycles. The molecular formula is C12H14N4O2. The van der Waals surface area contributed by atoms with Crippen molar-refractivity contribution in [2.45, 2.75) is 6.92 Å². The summed E-state index contributed by atoms with van der Waals surface area (Å²) in [6, 6.07) is 7.69. The van der Waals surface area contributed by atoms with Crippen molar-refractivity contribution in [1.82, 2.24) is 9.78 Å². The van der Waals surface area contributed by atoms with Gasteiger partial charge in [-0.15, -0.1) is 0 Å². The first-order chi connectivity index (χ1) is 8.54. The minimum Gasteiger partial charge on any atom is -0.508 e. The molecule has 0 bridgehead atoms. The number of carbonyl (C=O) groups is 1. The predicted molar refractivity (Wildman–Crippen MR) is 68.7 cm³/mol. The summed E-state index contributed by atoms with van der Waals surface area (Å²) in [5.41, 5.74) is 1.46. The average molecular weight is 246 g/mol. The van der Waals surface area contributed by atoms with Gasteiger partial charge in [0.05, 0.1) is 0 Å². The zero-order valence-corrected chi connectivity index (χ0v) is 10.1. The number of phenols is 1. The Morgan fingerprint density at radius 1 is 1.33 bits per heavy atom. The number of nitrogens with one attached hydrogen (secondary N) is 2. The number of amides is 2. The summed E-state index contributed by atoms with van der Waals surface area (Å²) in [6.07, 6.45) is 0. The smallest absolute Gasteiger partial charge is 0.324 e. The van der Waals surface area contributed by atoms with Crippen LogP contribution in [0.1, 0.15) is 5.69 Å². The van der Waals surface area contributed by atoms with Crippen LogP contribution in [0.25, 0.3) is 0 Å². The third-order valence-electron chi connectivity index (χ3n) is 2.46. The first kappa shape index (κ1) is 12.0. The van der Waals surface area contributed by atoms with Crippen molar-refractivity contribution in [3.63, 3.8) is 0 Å². The van der Waals surface area contributed by atoms with Gasteiger partial charge in [0.1, 0.15) is 5.75 Å². The SMILES string of the molecule is Cc1cc(NC(=O)Nc2cccc(O)c2)nn1C. The monoisotopic (exact) mass is 246 g/mol. The zero-order chi connectivity index (χ0) is 13.1. The average Bonchev–Trinajstić information content (AvgIpc) is 2.57. The summed E-state index contributed by atoms with van der Waals surface area (Å²) in [6.45, 7) is 1.89. The lowest BCUT2D eigenvalue weighted by Gasteiger charge is -2.05. The van der Waals surface area contributed by atoms with Gasteiger partial charge in [-0.1, -0.05) is 6.07 Å². The molecule has 0 spiro atoms. The Morgan fingerprint density at radius 2 is 2.11 bits per heavy atom. The molecule has 2 aromatic rings. The first-order valence-corrected chi connectivity index (χ1v) is 5.42. The maximum absolute atomic E-state index is 11.7. The van der Waals surface area contributed by atoms with Gasteiger partial charge in [-0.2, -0.15) is 5.10 Å². The molecule has 0 unspecified atom stereocenters. The van der Waals surface area contributed by atoms with Gasteiger partial charge in [-0.3, -0.25) is 10.00 Å². The van der Waals surface area contributed by atoms with E-state index in [1.807, 2.05) is 6.92 Å². The number of anilines is 2. The number of urea groups is 1. The molecule has 1 aromatic carbocycles. The number of rotatable bonds is 2. The van der Waals surface area contributed by atoms with Crippen LogP contribution in [0.15, 0.2) is 30.3 Å². The lowest BCUT2D eigenvalue weighted by molar-refractivity contribution is 0.262. The summed E-state index contributed by atoms with van der Waals surface area (Å²) >= 11 is 0. The highest BCUT2D eigenvalue weighted by molar-refractivity contribution is 5.99. The lowest BCUT2D eigenvalue weighted by Crippen LogP contribution is -2.19. The van der Waals surface area contributed by atoms with Gasteiger partial charge in [0.25, 0.3) is 0 Å². The van der Waals surface area contributed by atoms with E-state index in [-0.39, 0.29) is 5.75 Å². The van der Waals surface area contributed by atoms with Gasteiger partial charge in [0.2, 0.25) is 0 Å². The van der Waals surface area contributed by atoms with E-state index in [0.29, 0.717) is 11.5 Å². The summed E-state index contributed by atoms with van der Waals surface area (Å²) in [4.78, 5) is 11.7. The molecule has 0 fully saturated rings. The van der Waals surface area contributed by atoms with Gasteiger partial charge in [-0.25, -0.2) is 4.79 Å². The van der Waals surface area contributed by atoms with Crippen LogP contribution < -0.4 is 10.6 Å². The number of benzene rings is 1. The van der Waals surface area contributed by atoms with Crippen molar-refractivity contribution in [3.05, 3.63) is 36.0 Å². The standard InChI is InChI=1S/C12H14N4O2/c1-8-6-11(15-16(8)2)14-12(18)13-9-4-3-5-10(17)7-9/h3-7,17H,1-2H3,(H2,13,14,15,18). The molecule has 2 amide bonds. The number of aromatic nitrogens is 2. The fourth-order valence-electron chi connectivity index (χ4n) is 1.48. The topological polar surface area (TPSA) is 79.2 Å². The minimum atomic E-state index is -0.404. The van der Waals surface area contributed by atoms with Crippen LogP contribution in [0, 0.1) is 6.92 Å². The van der Waals surface area contributed by atoms with Crippen LogP contribution in [0.2, 0.25) is 0 Å². The Labute approximate surface area is 104 Å². The molecule has 0 aliphatic rings. The number of carbonyl (C=O) groups excluding carboxylic acids is 1. The molecule has 1 aromatic heterocycles. The van der Waals surface area contributed by atoms with Crippen molar-refractivity contribution in [2.75, 3.05) is 10.6 Å². The van der Waals surface area contributed by atoms with E-state index in [1.165, 1.54) is 12.1 Å². The maximum atomic E-state index is 11.7. The van der Waals surface area contributed by atoms with Crippen molar-refractivity contribution in [3.8, 4) is 5.75 Å². The Bertz CT molecular complexity index is 558. The number of hydrogen-bond donors (Lipinski definition) is 3. The summed E-state index contributed by atoms with van der Waals surface area (Å²) < 4.78 is 1.67. The highest BCUT2D eigenvalue weighted by atomic mass is 16.3. The van der Waals surface area contributed by atoms with E-state index in [4.69, 9.17) is 0 Å². The molecule has 6 nitrogen and oxygen atoms in total. The molecule has 3 N–H and O–H groups in total. The second kappa shape index (κ2) is 4.79. The van der Waals surface area contributed by atoms with Gasteiger partial charge >= 0.3 is 6.03 Å². The molecule has 0 radical (unpaired) electrons. The third-order valence-corrected chi connectivity index (χ3v) is 2.46. The molecule has 0 saturated heterocycles. The maximum Gasteiger partial charge on any atom is 0.324 e. The normalized spacial score (nSPS) is 10.1. The molecule has 0 saturated carbocycles. The summed E-state index contributed by atoms with van der Waals surface area (Å²) in [5, 5.41) is 18.6. The second-order valence-corrected chi connectivity index (χ2v) is 3.92. The quantitative estimate of drug-likeness (QED) is 0.759.